The van der Waals surface area contributed by atoms with Crippen molar-refractivity contribution in [3.8, 4) is 11.5 Å². The summed E-state index contributed by atoms with van der Waals surface area (Å²) in [7, 11) is 1.56. The molecule has 2 aromatic carbocycles. The third-order valence-electron chi connectivity index (χ3n) is 3.36. The predicted octanol–water partition coefficient (Wildman–Crippen LogP) is 3.60. The van der Waals surface area contributed by atoms with E-state index in [1.54, 1.807) is 44.4 Å². The van der Waals surface area contributed by atoms with Gasteiger partial charge in [0.25, 0.3) is 0 Å². The minimum Gasteiger partial charge on any atom is -0.497 e. The third kappa shape index (κ3) is 3.23. The molecule has 0 saturated heterocycles. The van der Waals surface area contributed by atoms with Crippen LogP contribution < -0.4 is 15.2 Å². The van der Waals surface area contributed by atoms with Crippen LogP contribution in [0.3, 0.4) is 0 Å². The van der Waals surface area contributed by atoms with Crippen LogP contribution in [-0.2, 0) is 0 Å². The lowest BCUT2D eigenvalue weighted by Crippen LogP contribution is -2.12. The van der Waals surface area contributed by atoms with Gasteiger partial charge in [-0.15, -0.1) is 0 Å². The maximum Gasteiger partial charge on any atom is 0.345 e. The van der Waals surface area contributed by atoms with Crippen molar-refractivity contribution in [2.24, 2.45) is 5.16 Å². The summed E-state index contributed by atoms with van der Waals surface area (Å²) < 4.78 is 10.5. The number of benzene rings is 2. The van der Waals surface area contributed by atoms with Crippen molar-refractivity contribution in [2.45, 2.75) is 6.92 Å². The van der Waals surface area contributed by atoms with Crippen LogP contribution in [0.5, 0.6) is 11.5 Å². The van der Waals surface area contributed by atoms with Crippen molar-refractivity contribution in [1.82, 2.24) is 0 Å². The highest BCUT2D eigenvalue weighted by Gasteiger charge is 2.10. The summed E-state index contributed by atoms with van der Waals surface area (Å²) in [5.74, 6) is 1.23. The van der Waals surface area contributed by atoms with Crippen LogP contribution in [0.25, 0.3) is 11.0 Å². The van der Waals surface area contributed by atoms with Crippen molar-refractivity contribution in [1.29, 1.82) is 0 Å². The molecule has 23 heavy (non-hydrogen) atoms. The van der Waals surface area contributed by atoms with Gasteiger partial charge in [-0.25, -0.2) is 4.79 Å². The van der Waals surface area contributed by atoms with Crippen LogP contribution in [0.1, 0.15) is 12.5 Å². The van der Waals surface area contributed by atoms with Gasteiger partial charge in [-0.05, 0) is 37.3 Å². The van der Waals surface area contributed by atoms with E-state index < -0.39 is 5.63 Å². The quantitative estimate of drug-likeness (QED) is 0.420. The molecule has 0 aliphatic rings. The Balaban J connectivity index is 1.95. The average molecular weight is 309 g/mol. The molecule has 0 spiro atoms. The lowest BCUT2D eigenvalue weighted by molar-refractivity contribution is 0.341. The topological polar surface area (TPSA) is 61.0 Å². The zero-order valence-electron chi connectivity index (χ0n) is 12.8. The maximum absolute atomic E-state index is 12.1. The van der Waals surface area contributed by atoms with Crippen molar-refractivity contribution >= 4 is 16.7 Å². The number of rotatable bonds is 4. The van der Waals surface area contributed by atoms with Gasteiger partial charge in [0.2, 0.25) is 0 Å². The monoisotopic (exact) mass is 309 g/mol. The minimum absolute atomic E-state index is 0.360. The second-order valence-corrected chi connectivity index (χ2v) is 4.93. The first-order valence-corrected chi connectivity index (χ1v) is 7.06. The molecule has 0 atom stereocenters. The Morgan fingerprint density at radius 1 is 1.04 bits per heavy atom. The number of oxime groups is 1. The molecule has 0 saturated carbocycles. The fourth-order valence-electron chi connectivity index (χ4n) is 2.12. The van der Waals surface area contributed by atoms with Gasteiger partial charge in [0.1, 0.15) is 11.3 Å². The molecule has 0 amide bonds. The van der Waals surface area contributed by atoms with Gasteiger partial charge in [-0.3, -0.25) is 0 Å². The molecule has 1 heterocycles. The summed E-state index contributed by atoms with van der Waals surface area (Å²) >= 11 is 0. The maximum atomic E-state index is 12.1. The summed E-state index contributed by atoms with van der Waals surface area (Å²) in [5.41, 5.74) is 0.803. The van der Waals surface area contributed by atoms with Gasteiger partial charge in [0, 0.05) is 11.5 Å². The summed E-state index contributed by atoms with van der Waals surface area (Å²) in [5, 5.41) is 4.78. The van der Waals surface area contributed by atoms with Gasteiger partial charge >= 0.3 is 5.63 Å². The van der Waals surface area contributed by atoms with E-state index in [0.29, 0.717) is 28.4 Å². The first-order valence-electron chi connectivity index (χ1n) is 7.06. The van der Waals surface area contributed by atoms with Gasteiger partial charge < -0.3 is 14.0 Å². The van der Waals surface area contributed by atoms with Crippen molar-refractivity contribution in [3.05, 3.63) is 70.6 Å². The lowest BCUT2D eigenvalue weighted by Gasteiger charge is -2.04. The van der Waals surface area contributed by atoms with Crippen LogP contribution in [0.15, 0.2) is 69.0 Å². The molecule has 3 rings (SSSR count). The summed E-state index contributed by atoms with van der Waals surface area (Å²) in [6.07, 6.45) is 0. The second kappa shape index (κ2) is 6.36. The molecule has 5 heteroatoms. The van der Waals surface area contributed by atoms with Crippen LogP contribution in [0, 0.1) is 0 Å². The molecule has 0 unspecified atom stereocenters. The van der Waals surface area contributed by atoms with Crippen molar-refractivity contribution < 1.29 is 14.0 Å². The van der Waals surface area contributed by atoms with E-state index in [9.17, 15) is 4.79 Å². The number of para-hydroxylation sites is 1. The Morgan fingerprint density at radius 3 is 2.57 bits per heavy atom. The SMILES string of the molecule is COc1ccc2cc(/C(C)=N/Oc3ccccc3)c(=O)oc2c1. The molecule has 0 bridgehead atoms. The normalized spacial score (nSPS) is 11.5. The van der Waals surface area contributed by atoms with Gasteiger partial charge in [-0.2, -0.15) is 0 Å². The Bertz CT molecular complexity index is 913. The predicted molar refractivity (Wildman–Crippen MR) is 88.3 cm³/mol. The van der Waals surface area contributed by atoms with E-state index in [1.165, 1.54) is 0 Å². The van der Waals surface area contributed by atoms with Crippen LogP contribution in [0.4, 0.5) is 0 Å². The summed E-state index contributed by atoms with van der Waals surface area (Å²) in [6.45, 7) is 1.70. The van der Waals surface area contributed by atoms with E-state index in [0.717, 1.165) is 5.39 Å². The number of hydrogen-bond acceptors (Lipinski definition) is 5. The molecule has 0 radical (unpaired) electrons. The molecule has 116 valence electrons. The molecular weight excluding hydrogens is 294 g/mol. The molecule has 0 aliphatic carbocycles. The number of hydrogen-bond donors (Lipinski definition) is 0. The fourth-order valence-corrected chi connectivity index (χ4v) is 2.12. The number of methoxy groups -OCH3 is 1. The molecular formula is C18H15NO4. The molecule has 1 aromatic heterocycles. The second-order valence-electron chi connectivity index (χ2n) is 4.93. The van der Waals surface area contributed by atoms with E-state index in [4.69, 9.17) is 14.0 Å². The Labute approximate surface area is 132 Å². The number of nitrogens with zero attached hydrogens (tertiary/aromatic N) is 1. The van der Waals surface area contributed by atoms with Crippen molar-refractivity contribution in [2.75, 3.05) is 7.11 Å². The van der Waals surface area contributed by atoms with Crippen molar-refractivity contribution in [3.63, 3.8) is 0 Å². The number of ether oxygens (including phenoxy) is 1. The first kappa shape index (κ1) is 14.8. The van der Waals surface area contributed by atoms with E-state index in [-0.39, 0.29) is 0 Å². The van der Waals surface area contributed by atoms with Crippen LogP contribution in [-0.4, -0.2) is 12.8 Å². The Hall–Kier alpha value is -3.08. The first-order chi connectivity index (χ1) is 11.2. The average Bonchev–Trinajstić information content (AvgIpc) is 2.59. The molecule has 3 aromatic rings. The molecule has 0 fully saturated rings. The fraction of sp³-hybridized carbons (Fsp3) is 0.111. The summed E-state index contributed by atoms with van der Waals surface area (Å²) in [6, 6.07) is 16.2. The van der Waals surface area contributed by atoms with Crippen LogP contribution >= 0.6 is 0 Å². The van der Waals surface area contributed by atoms with E-state index in [2.05, 4.69) is 5.16 Å². The third-order valence-corrected chi connectivity index (χ3v) is 3.36. The van der Waals surface area contributed by atoms with Gasteiger partial charge in [0.05, 0.1) is 18.4 Å². The highest BCUT2D eigenvalue weighted by molar-refractivity contribution is 6.00. The van der Waals surface area contributed by atoms with Gasteiger partial charge in [0.15, 0.2) is 5.75 Å². The zero-order chi connectivity index (χ0) is 16.2. The molecule has 0 N–H and O–H groups in total. The van der Waals surface area contributed by atoms with E-state index in [1.807, 2.05) is 24.3 Å². The highest BCUT2D eigenvalue weighted by Crippen LogP contribution is 2.20. The smallest absolute Gasteiger partial charge is 0.345 e. The minimum atomic E-state index is -0.469. The Kier molecular flexibility index (Phi) is 4.10. The van der Waals surface area contributed by atoms with Gasteiger partial charge in [-0.1, -0.05) is 23.4 Å². The Morgan fingerprint density at radius 2 is 1.83 bits per heavy atom. The zero-order valence-corrected chi connectivity index (χ0v) is 12.8. The highest BCUT2D eigenvalue weighted by atomic mass is 16.6. The van der Waals surface area contributed by atoms with E-state index >= 15 is 0 Å². The summed E-state index contributed by atoms with van der Waals surface area (Å²) in [4.78, 5) is 17.5. The molecule has 5 nitrogen and oxygen atoms in total. The largest absolute Gasteiger partial charge is 0.497 e. The van der Waals surface area contributed by atoms with Crippen LogP contribution in [0.2, 0.25) is 0 Å². The molecule has 0 aliphatic heterocycles. The standard InChI is InChI=1S/C18H15NO4/c1-12(19-23-14-6-4-3-5-7-14)16-10-13-8-9-15(21-2)11-17(13)22-18(16)20/h3-11H,1-2H3/b19-12+. The number of fused-ring (bicyclic) bond motifs is 1. The lowest BCUT2D eigenvalue weighted by atomic mass is 10.1.